The van der Waals surface area contributed by atoms with Crippen molar-refractivity contribution in [1.82, 2.24) is 10.6 Å². The SMILES string of the molecule is COCCNC(=O)COc1c(Br)cccc1CNC1CC1. The second-order valence-electron chi connectivity index (χ2n) is 5.01. The molecule has 2 rings (SSSR count). The van der Waals surface area contributed by atoms with Crippen LogP contribution in [0.15, 0.2) is 22.7 Å². The Balaban J connectivity index is 1.86. The summed E-state index contributed by atoms with van der Waals surface area (Å²) in [5.74, 6) is 0.580. The summed E-state index contributed by atoms with van der Waals surface area (Å²) in [7, 11) is 1.60. The number of amides is 1. The molecule has 1 saturated carbocycles. The number of nitrogens with one attached hydrogen (secondary N) is 2. The number of carbonyl (C=O) groups is 1. The molecule has 1 fully saturated rings. The lowest BCUT2D eigenvalue weighted by molar-refractivity contribution is -0.123. The molecule has 2 N–H and O–H groups in total. The highest BCUT2D eigenvalue weighted by Crippen LogP contribution is 2.30. The molecule has 1 amide bonds. The van der Waals surface area contributed by atoms with Gasteiger partial charge in [-0.15, -0.1) is 0 Å². The minimum Gasteiger partial charge on any atom is -0.482 e. The van der Waals surface area contributed by atoms with E-state index in [1.165, 1.54) is 12.8 Å². The molecule has 6 heteroatoms. The number of carbonyl (C=O) groups excluding carboxylic acids is 1. The number of ether oxygens (including phenoxy) is 2. The van der Waals surface area contributed by atoms with Crippen LogP contribution in [-0.4, -0.2) is 38.8 Å². The smallest absolute Gasteiger partial charge is 0.258 e. The lowest BCUT2D eigenvalue weighted by Crippen LogP contribution is -2.31. The first-order chi connectivity index (χ1) is 10.2. The van der Waals surface area contributed by atoms with Gasteiger partial charge >= 0.3 is 0 Å². The third-order valence-corrected chi connectivity index (χ3v) is 3.81. The van der Waals surface area contributed by atoms with Gasteiger partial charge in [-0.25, -0.2) is 0 Å². The van der Waals surface area contributed by atoms with E-state index in [9.17, 15) is 4.79 Å². The molecule has 1 aromatic carbocycles. The number of rotatable bonds is 9. The third-order valence-electron chi connectivity index (χ3n) is 3.18. The van der Waals surface area contributed by atoms with Crippen LogP contribution in [0.5, 0.6) is 5.75 Å². The quantitative estimate of drug-likeness (QED) is 0.663. The second kappa shape index (κ2) is 8.36. The maximum absolute atomic E-state index is 11.7. The standard InChI is InChI=1S/C15H21BrN2O3/c1-20-8-7-17-14(19)10-21-15-11(3-2-4-13(15)16)9-18-12-5-6-12/h2-4,12,18H,5-10H2,1H3,(H,17,19). The topological polar surface area (TPSA) is 59.6 Å². The van der Waals surface area contributed by atoms with E-state index in [2.05, 4.69) is 26.6 Å². The molecule has 0 spiro atoms. The Labute approximate surface area is 133 Å². The number of hydrogen-bond donors (Lipinski definition) is 2. The number of hydrogen-bond acceptors (Lipinski definition) is 4. The van der Waals surface area contributed by atoms with Crippen molar-refractivity contribution in [1.29, 1.82) is 0 Å². The van der Waals surface area contributed by atoms with E-state index in [-0.39, 0.29) is 12.5 Å². The molecule has 0 aliphatic heterocycles. The fraction of sp³-hybridized carbons (Fsp3) is 0.533. The van der Waals surface area contributed by atoms with Crippen molar-refractivity contribution in [2.75, 3.05) is 26.9 Å². The van der Waals surface area contributed by atoms with E-state index in [1.54, 1.807) is 7.11 Å². The van der Waals surface area contributed by atoms with Crippen LogP contribution in [0.4, 0.5) is 0 Å². The molecule has 0 radical (unpaired) electrons. The van der Waals surface area contributed by atoms with Crippen molar-refractivity contribution < 1.29 is 14.3 Å². The van der Waals surface area contributed by atoms with Gasteiger partial charge in [0.15, 0.2) is 6.61 Å². The predicted molar refractivity (Wildman–Crippen MR) is 84.4 cm³/mol. The molecule has 116 valence electrons. The fourth-order valence-electron chi connectivity index (χ4n) is 1.88. The van der Waals surface area contributed by atoms with Gasteiger partial charge in [-0.1, -0.05) is 12.1 Å². The Kier molecular flexibility index (Phi) is 6.48. The monoisotopic (exact) mass is 356 g/mol. The molecule has 0 heterocycles. The highest BCUT2D eigenvalue weighted by atomic mass is 79.9. The molecule has 5 nitrogen and oxygen atoms in total. The molecule has 1 aliphatic carbocycles. The molecule has 21 heavy (non-hydrogen) atoms. The van der Waals surface area contributed by atoms with Gasteiger partial charge in [0.05, 0.1) is 11.1 Å². The zero-order valence-electron chi connectivity index (χ0n) is 12.2. The van der Waals surface area contributed by atoms with Crippen LogP contribution in [0, 0.1) is 0 Å². The van der Waals surface area contributed by atoms with Gasteiger partial charge in [0.25, 0.3) is 5.91 Å². The van der Waals surface area contributed by atoms with E-state index in [1.807, 2.05) is 18.2 Å². The Bertz CT molecular complexity index is 478. The summed E-state index contributed by atoms with van der Waals surface area (Å²) in [6.07, 6.45) is 2.48. The molecule has 0 saturated heterocycles. The van der Waals surface area contributed by atoms with Crippen LogP contribution in [-0.2, 0) is 16.1 Å². The maximum Gasteiger partial charge on any atom is 0.258 e. The first-order valence-electron chi connectivity index (χ1n) is 7.10. The predicted octanol–water partition coefficient (Wildman–Crippen LogP) is 1.84. The molecular formula is C15H21BrN2O3. The van der Waals surface area contributed by atoms with E-state index in [4.69, 9.17) is 9.47 Å². The van der Waals surface area contributed by atoms with Crippen LogP contribution in [0.3, 0.4) is 0 Å². The summed E-state index contributed by atoms with van der Waals surface area (Å²) >= 11 is 3.48. The average Bonchev–Trinajstić information content (AvgIpc) is 3.28. The number of benzene rings is 1. The van der Waals surface area contributed by atoms with E-state index in [0.717, 1.165) is 22.3 Å². The van der Waals surface area contributed by atoms with Crippen molar-refractivity contribution in [3.05, 3.63) is 28.2 Å². The Morgan fingerprint density at radius 2 is 2.24 bits per heavy atom. The largest absolute Gasteiger partial charge is 0.482 e. The Morgan fingerprint density at radius 3 is 2.95 bits per heavy atom. The zero-order valence-corrected chi connectivity index (χ0v) is 13.7. The summed E-state index contributed by atoms with van der Waals surface area (Å²) in [4.78, 5) is 11.7. The number of halogens is 1. The van der Waals surface area contributed by atoms with Gasteiger partial charge in [-0.2, -0.15) is 0 Å². The van der Waals surface area contributed by atoms with E-state index >= 15 is 0 Å². The van der Waals surface area contributed by atoms with Crippen molar-refractivity contribution in [3.63, 3.8) is 0 Å². The summed E-state index contributed by atoms with van der Waals surface area (Å²) < 4.78 is 11.4. The average molecular weight is 357 g/mol. The first-order valence-corrected chi connectivity index (χ1v) is 7.89. The summed E-state index contributed by atoms with van der Waals surface area (Å²) in [5, 5.41) is 6.19. The summed E-state index contributed by atoms with van der Waals surface area (Å²) in [6.45, 7) is 1.75. The van der Waals surface area contributed by atoms with Crippen LogP contribution < -0.4 is 15.4 Å². The zero-order chi connectivity index (χ0) is 15.1. The second-order valence-corrected chi connectivity index (χ2v) is 5.87. The number of para-hydroxylation sites is 1. The number of methoxy groups -OCH3 is 1. The van der Waals surface area contributed by atoms with Gasteiger partial charge in [0.2, 0.25) is 0 Å². The van der Waals surface area contributed by atoms with Crippen LogP contribution in [0.2, 0.25) is 0 Å². The van der Waals surface area contributed by atoms with Gasteiger partial charge in [-0.3, -0.25) is 4.79 Å². The first kappa shape index (κ1) is 16.3. The van der Waals surface area contributed by atoms with Crippen molar-refractivity contribution in [2.45, 2.75) is 25.4 Å². The van der Waals surface area contributed by atoms with Gasteiger partial charge < -0.3 is 20.1 Å². The van der Waals surface area contributed by atoms with Crippen LogP contribution >= 0.6 is 15.9 Å². The highest BCUT2D eigenvalue weighted by molar-refractivity contribution is 9.10. The molecule has 0 unspecified atom stereocenters. The lowest BCUT2D eigenvalue weighted by atomic mass is 10.2. The lowest BCUT2D eigenvalue weighted by Gasteiger charge is -2.14. The minimum absolute atomic E-state index is 0.00273. The fourth-order valence-corrected chi connectivity index (χ4v) is 2.40. The summed E-state index contributed by atoms with van der Waals surface area (Å²) in [6, 6.07) is 6.53. The van der Waals surface area contributed by atoms with E-state index in [0.29, 0.717) is 19.2 Å². The highest BCUT2D eigenvalue weighted by Gasteiger charge is 2.21. The van der Waals surface area contributed by atoms with Gasteiger partial charge in [-0.05, 0) is 34.8 Å². The van der Waals surface area contributed by atoms with Crippen LogP contribution in [0.25, 0.3) is 0 Å². The molecular weight excluding hydrogens is 336 g/mol. The Hall–Kier alpha value is -1.11. The maximum atomic E-state index is 11.7. The van der Waals surface area contributed by atoms with Crippen molar-refractivity contribution >= 4 is 21.8 Å². The van der Waals surface area contributed by atoms with E-state index < -0.39 is 0 Å². The normalized spacial score (nSPS) is 14.0. The Morgan fingerprint density at radius 1 is 1.43 bits per heavy atom. The molecule has 1 aromatic rings. The molecule has 0 bridgehead atoms. The molecule has 0 atom stereocenters. The third kappa shape index (κ3) is 5.65. The minimum atomic E-state index is -0.149. The molecule has 1 aliphatic rings. The van der Waals surface area contributed by atoms with Crippen molar-refractivity contribution in [2.24, 2.45) is 0 Å². The van der Waals surface area contributed by atoms with Crippen molar-refractivity contribution in [3.8, 4) is 5.75 Å². The van der Waals surface area contributed by atoms with Crippen LogP contribution in [0.1, 0.15) is 18.4 Å². The van der Waals surface area contributed by atoms with Gasteiger partial charge in [0, 0.05) is 31.8 Å². The van der Waals surface area contributed by atoms with Gasteiger partial charge in [0.1, 0.15) is 5.75 Å². The summed E-state index contributed by atoms with van der Waals surface area (Å²) in [5.41, 5.74) is 1.06. The molecule has 0 aromatic heterocycles.